The van der Waals surface area contributed by atoms with Crippen molar-refractivity contribution in [3.63, 3.8) is 0 Å². The molecular formula is C26H30NO5+. The van der Waals surface area contributed by atoms with Gasteiger partial charge in [0.05, 0.1) is 38.9 Å². The number of quaternary nitrogens is 1. The number of Topliss-reactive ketones (excluding diaryl/α,β-unsaturated/α-hetero) is 2. The molecule has 6 heteroatoms. The van der Waals surface area contributed by atoms with E-state index < -0.39 is 0 Å². The zero-order chi connectivity index (χ0) is 22.9. The molecule has 0 saturated heterocycles. The van der Waals surface area contributed by atoms with Crippen LogP contribution in [-0.4, -0.2) is 43.5 Å². The highest BCUT2D eigenvalue weighted by Gasteiger charge is 2.42. The second-order valence-corrected chi connectivity index (χ2v) is 9.06. The maximum atomic E-state index is 13.1. The summed E-state index contributed by atoms with van der Waals surface area (Å²) in [5.74, 6) is 2.14. The highest BCUT2D eigenvalue weighted by atomic mass is 16.7. The lowest BCUT2D eigenvalue weighted by molar-refractivity contribution is -0.922. The van der Waals surface area contributed by atoms with Gasteiger partial charge in [-0.2, -0.15) is 0 Å². The molecule has 4 rings (SSSR count). The van der Waals surface area contributed by atoms with Crippen molar-refractivity contribution in [2.75, 3.05) is 27.4 Å². The quantitative estimate of drug-likeness (QED) is 0.349. The van der Waals surface area contributed by atoms with Gasteiger partial charge in [-0.15, -0.1) is 0 Å². The molecule has 0 saturated carbocycles. The lowest BCUT2D eigenvalue weighted by Crippen LogP contribution is -2.48. The maximum Gasteiger partial charge on any atom is 0.231 e. The number of carbonyl (C=O) groups excluding carboxylic acids is 2. The van der Waals surface area contributed by atoms with Crippen LogP contribution in [-0.2, 0) is 17.6 Å². The molecule has 2 aromatic carbocycles. The number of hydrogen-bond acceptors (Lipinski definition) is 5. The zero-order valence-electron chi connectivity index (χ0n) is 19.0. The first-order valence-electron chi connectivity index (χ1n) is 11.0. The topological polar surface area (TPSA) is 61.8 Å². The van der Waals surface area contributed by atoms with Crippen molar-refractivity contribution in [3.8, 4) is 17.2 Å². The van der Waals surface area contributed by atoms with E-state index in [1.165, 1.54) is 6.26 Å². The van der Waals surface area contributed by atoms with Crippen LogP contribution in [0.2, 0.25) is 0 Å². The van der Waals surface area contributed by atoms with E-state index in [1.54, 1.807) is 6.92 Å². The third-order valence-corrected chi connectivity index (χ3v) is 6.55. The fourth-order valence-electron chi connectivity index (χ4n) is 4.62. The fraction of sp³-hybridized carbons (Fsp3) is 0.385. The Hall–Kier alpha value is -3.12. The molecule has 32 heavy (non-hydrogen) atoms. The molecule has 0 aromatic heterocycles. The highest BCUT2D eigenvalue weighted by Crippen LogP contribution is 2.51. The van der Waals surface area contributed by atoms with Crippen molar-refractivity contribution in [1.29, 1.82) is 0 Å². The lowest BCUT2D eigenvalue weighted by atomic mass is 9.86. The Morgan fingerprint density at radius 1 is 1.22 bits per heavy atom. The first-order chi connectivity index (χ1) is 15.3. The molecule has 2 aliphatic rings. The first-order valence-corrected chi connectivity index (χ1v) is 11.0. The minimum absolute atomic E-state index is 0.0435. The number of hydrogen-bond donors (Lipinski definition) is 0. The molecule has 0 bridgehead atoms. The number of ether oxygens (including phenoxy) is 3. The van der Waals surface area contributed by atoms with Crippen LogP contribution in [0.5, 0.6) is 17.2 Å². The summed E-state index contributed by atoms with van der Waals surface area (Å²) in [6, 6.07) is 9.48. The molecule has 6 nitrogen and oxygen atoms in total. The molecule has 2 aliphatic heterocycles. The molecule has 2 aromatic rings. The average molecular weight is 437 g/mol. The zero-order valence-corrected chi connectivity index (χ0v) is 19.0. The summed E-state index contributed by atoms with van der Waals surface area (Å²) >= 11 is 0. The van der Waals surface area contributed by atoms with E-state index in [1.807, 2.05) is 30.3 Å². The summed E-state index contributed by atoms with van der Waals surface area (Å²) < 4.78 is 17.8. The lowest BCUT2D eigenvalue weighted by Gasteiger charge is -2.43. The number of rotatable bonds is 8. The van der Waals surface area contributed by atoms with Gasteiger partial charge in [-0.3, -0.25) is 9.59 Å². The van der Waals surface area contributed by atoms with Crippen LogP contribution < -0.4 is 14.2 Å². The van der Waals surface area contributed by atoms with E-state index in [0.717, 1.165) is 29.7 Å². The minimum Gasteiger partial charge on any atom is -0.461 e. The standard InChI is InChI=1S/C26H30NO5/c1-5-30-26-24-20(14-23-25(26)32-16-31-23)12-13-27(3,4)22(24)15-21(29)11-8-18-6-9-19(10-7-18)17(2)28/h5-7,9-10,14,22H,1,8,11-13,15-16H2,2-4H3/q+1. The number of aryl methyl sites for hydroxylation is 1. The number of ketones is 2. The molecule has 0 aliphatic carbocycles. The predicted molar refractivity (Wildman–Crippen MR) is 121 cm³/mol. The molecule has 0 fully saturated rings. The van der Waals surface area contributed by atoms with Crippen LogP contribution >= 0.6 is 0 Å². The van der Waals surface area contributed by atoms with Crippen LogP contribution in [0.3, 0.4) is 0 Å². The van der Waals surface area contributed by atoms with E-state index in [9.17, 15) is 9.59 Å². The van der Waals surface area contributed by atoms with Gasteiger partial charge in [-0.1, -0.05) is 30.8 Å². The van der Waals surface area contributed by atoms with Crippen molar-refractivity contribution < 1.29 is 28.3 Å². The van der Waals surface area contributed by atoms with Crippen LogP contribution in [0.4, 0.5) is 0 Å². The molecule has 0 radical (unpaired) electrons. The SMILES string of the molecule is C=COc1c2c(cc3c1C(CC(=O)CCc1ccc(C(C)=O)cc1)[N+](C)(C)CC3)OCO2. The van der Waals surface area contributed by atoms with Crippen molar-refractivity contribution in [2.45, 2.75) is 38.6 Å². The number of likely N-dealkylation sites (N-methyl/N-ethyl adjacent to an activating group) is 1. The molecule has 1 atom stereocenters. The number of fused-ring (bicyclic) bond motifs is 2. The summed E-state index contributed by atoms with van der Waals surface area (Å²) in [5.41, 5.74) is 3.90. The summed E-state index contributed by atoms with van der Waals surface area (Å²) in [6.45, 7) is 6.36. The second-order valence-electron chi connectivity index (χ2n) is 9.06. The third kappa shape index (κ3) is 4.28. The Labute approximate surface area is 189 Å². The van der Waals surface area contributed by atoms with Crippen molar-refractivity contribution in [2.24, 2.45) is 0 Å². The van der Waals surface area contributed by atoms with Gasteiger partial charge in [0.1, 0.15) is 11.8 Å². The Morgan fingerprint density at radius 3 is 2.66 bits per heavy atom. The van der Waals surface area contributed by atoms with Crippen LogP contribution in [0, 0.1) is 0 Å². The van der Waals surface area contributed by atoms with Crippen molar-refractivity contribution in [3.05, 3.63) is 65.4 Å². The Balaban J connectivity index is 1.56. The van der Waals surface area contributed by atoms with Gasteiger partial charge in [0, 0.05) is 18.4 Å². The molecule has 2 heterocycles. The normalized spacial score (nSPS) is 18.0. The Morgan fingerprint density at radius 2 is 1.97 bits per heavy atom. The van der Waals surface area contributed by atoms with Gasteiger partial charge in [0.25, 0.3) is 0 Å². The maximum absolute atomic E-state index is 13.1. The van der Waals surface area contributed by atoms with Gasteiger partial charge in [-0.05, 0) is 30.5 Å². The summed E-state index contributed by atoms with van der Waals surface area (Å²) in [4.78, 5) is 24.5. The molecule has 0 N–H and O–H groups in total. The summed E-state index contributed by atoms with van der Waals surface area (Å²) in [5, 5.41) is 0. The molecule has 1 unspecified atom stereocenters. The van der Waals surface area contributed by atoms with E-state index in [4.69, 9.17) is 14.2 Å². The van der Waals surface area contributed by atoms with Crippen LogP contribution in [0.15, 0.2) is 43.2 Å². The monoisotopic (exact) mass is 436 g/mol. The van der Waals surface area contributed by atoms with E-state index in [0.29, 0.717) is 46.6 Å². The van der Waals surface area contributed by atoms with E-state index >= 15 is 0 Å². The van der Waals surface area contributed by atoms with E-state index in [2.05, 4.69) is 20.7 Å². The number of benzene rings is 2. The average Bonchev–Trinajstić information content (AvgIpc) is 3.23. The summed E-state index contributed by atoms with van der Waals surface area (Å²) in [6.07, 6.45) is 3.79. The van der Waals surface area contributed by atoms with E-state index in [-0.39, 0.29) is 24.4 Å². The van der Waals surface area contributed by atoms with Crippen molar-refractivity contribution in [1.82, 2.24) is 0 Å². The van der Waals surface area contributed by atoms with Crippen LogP contribution in [0.25, 0.3) is 0 Å². The molecule has 0 spiro atoms. The fourth-order valence-corrected chi connectivity index (χ4v) is 4.62. The van der Waals surface area contributed by atoms with Gasteiger partial charge in [-0.25, -0.2) is 0 Å². The van der Waals surface area contributed by atoms with Crippen LogP contribution in [0.1, 0.15) is 52.9 Å². The summed E-state index contributed by atoms with van der Waals surface area (Å²) in [7, 11) is 4.31. The smallest absolute Gasteiger partial charge is 0.231 e. The predicted octanol–water partition coefficient (Wildman–Crippen LogP) is 4.41. The number of nitrogens with zero attached hydrogens (tertiary/aromatic N) is 1. The largest absolute Gasteiger partial charge is 0.461 e. The van der Waals surface area contributed by atoms with Crippen molar-refractivity contribution >= 4 is 11.6 Å². The Bertz CT molecular complexity index is 1050. The van der Waals surface area contributed by atoms with Gasteiger partial charge < -0.3 is 18.7 Å². The van der Waals surface area contributed by atoms with Gasteiger partial charge in [0.15, 0.2) is 17.3 Å². The second kappa shape index (κ2) is 8.79. The third-order valence-electron chi connectivity index (χ3n) is 6.55. The molecule has 0 amide bonds. The van der Waals surface area contributed by atoms with Gasteiger partial charge >= 0.3 is 0 Å². The molecular weight excluding hydrogens is 406 g/mol. The minimum atomic E-state index is -0.0456. The Kier molecular flexibility index (Phi) is 6.07. The number of carbonyl (C=O) groups is 2. The molecule has 168 valence electrons. The van der Waals surface area contributed by atoms with Gasteiger partial charge in [0.2, 0.25) is 12.5 Å². The highest BCUT2D eigenvalue weighted by molar-refractivity contribution is 5.94. The first kappa shape index (κ1) is 22.1.